The molecule has 1 aromatic heterocycles. The summed E-state index contributed by atoms with van der Waals surface area (Å²) in [5.74, 6) is 2.02. The molecule has 6 nitrogen and oxygen atoms in total. The number of likely N-dealkylation sites (N-methyl/N-ethyl adjacent to an activating group) is 1. The van der Waals surface area contributed by atoms with Crippen LogP contribution in [0.25, 0.3) is 0 Å². The van der Waals surface area contributed by atoms with E-state index in [4.69, 9.17) is 9.47 Å². The molecule has 2 aromatic rings. The zero-order valence-corrected chi connectivity index (χ0v) is 20.4. The van der Waals surface area contributed by atoms with E-state index in [1.807, 2.05) is 30.1 Å². The maximum Gasteiger partial charge on any atom is 0.434 e. The van der Waals surface area contributed by atoms with Gasteiger partial charge >= 0.3 is 6.18 Å². The standard InChI is InChI=1S/C19H25F3N4O2S.HI/c1-23-18(24-9-7-17-25-16(12-29-17)19(20,21)22)26(2)10-8-13-5-6-14(27-3)15(11-13)28-4;/h5-6,11-12H,7-10H2,1-4H3,(H,23,24);1H. The van der Waals surface area contributed by atoms with Crippen LogP contribution < -0.4 is 14.8 Å². The Morgan fingerprint density at radius 3 is 2.47 bits per heavy atom. The van der Waals surface area contributed by atoms with Crippen molar-refractivity contribution < 1.29 is 22.6 Å². The maximum atomic E-state index is 12.6. The molecule has 0 bridgehead atoms. The van der Waals surface area contributed by atoms with Gasteiger partial charge < -0.3 is 19.7 Å². The van der Waals surface area contributed by atoms with Gasteiger partial charge in [0.25, 0.3) is 0 Å². The summed E-state index contributed by atoms with van der Waals surface area (Å²) in [4.78, 5) is 9.82. The van der Waals surface area contributed by atoms with Crippen LogP contribution in [0.5, 0.6) is 11.5 Å². The summed E-state index contributed by atoms with van der Waals surface area (Å²) in [5.41, 5.74) is 0.251. The van der Waals surface area contributed by atoms with Crippen LogP contribution in [-0.2, 0) is 19.0 Å². The van der Waals surface area contributed by atoms with E-state index in [0.29, 0.717) is 42.0 Å². The Morgan fingerprint density at radius 1 is 1.20 bits per heavy atom. The van der Waals surface area contributed by atoms with Crippen LogP contribution in [0, 0.1) is 0 Å². The summed E-state index contributed by atoms with van der Waals surface area (Å²) in [6.45, 7) is 1.14. The monoisotopic (exact) mass is 558 g/mol. The molecule has 0 aliphatic heterocycles. The normalized spacial score (nSPS) is 11.6. The van der Waals surface area contributed by atoms with E-state index in [1.165, 1.54) is 0 Å². The van der Waals surface area contributed by atoms with Gasteiger partial charge in [0, 0.05) is 39.0 Å². The molecule has 30 heavy (non-hydrogen) atoms. The predicted molar refractivity (Wildman–Crippen MR) is 123 cm³/mol. The molecular formula is C19H26F3IN4O2S. The predicted octanol–water partition coefficient (Wildman–Crippen LogP) is 4.09. The van der Waals surface area contributed by atoms with Crippen molar-refractivity contribution in [3.63, 3.8) is 0 Å². The van der Waals surface area contributed by atoms with E-state index in [2.05, 4.69) is 15.3 Å². The van der Waals surface area contributed by atoms with Crippen LogP contribution in [0.15, 0.2) is 28.6 Å². The Labute approximate surface area is 195 Å². The highest BCUT2D eigenvalue weighted by atomic mass is 127. The second kappa shape index (κ2) is 12.2. The average Bonchev–Trinajstić information content (AvgIpc) is 3.18. The largest absolute Gasteiger partial charge is 0.493 e. The number of nitrogens with one attached hydrogen (secondary N) is 1. The lowest BCUT2D eigenvalue weighted by molar-refractivity contribution is -0.140. The number of alkyl halides is 3. The number of hydrogen-bond acceptors (Lipinski definition) is 5. The number of hydrogen-bond donors (Lipinski definition) is 1. The summed E-state index contributed by atoms with van der Waals surface area (Å²) >= 11 is 1.01. The van der Waals surface area contributed by atoms with Crippen molar-refractivity contribution in [1.29, 1.82) is 0 Å². The smallest absolute Gasteiger partial charge is 0.434 e. The van der Waals surface area contributed by atoms with Crippen LogP contribution in [0.1, 0.15) is 16.3 Å². The van der Waals surface area contributed by atoms with Gasteiger partial charge in [0.1, 0.15) is 0 Å². The summed E-state index contributed by atoms with van der Waals surface area (Å²) in [5, 5.41) is 4.64. The van der Waals surface area contributed by atoms with Crippen LogP contribution in [-0.4, -0.2) is 57.2 Å². The van der Waals surface area contributed by atoms with Crippen LogP contribution >= 0.6 is 35.3 Å². The van der Waals surface area contributed by atoms with Gasteiger partial charge in [-0.05, 0) is 24.1 Å². The van der Waals surface area contributed by atoms with Crippen molar-refractivity contribution in [3.8, 4) is 11.5 Å². The van der Waals surface area contributed by atoms with Crippen molar-refractivity contribution in [2.24, 2.45) is 4.99 Å². The molecule has 1 aromatic carbocycles. The van der Waals surface area contributed by atoms with Crippen molar-refractivity contribution in [3.05, 3.63) is 39.8 Å². The minimum absolute atomic E-state index is 0. The minimum atomic E-state index is -4.40. The molecule has 0 saturated carbocycles. The highest BCUT2D eigenvalue weighted by Gasteiger charge is 2.33. The lowest BCUT2D eigenvalue weighted by atomic mass is 10.1. The number of rotatable bonds is 8. The third-order valence-corrected chi connectivity index (χ3v) is 5.13. The Hall–Kier alpha value is -1.76. The highest BCUT2D eigenvalue weighted by molar-refractivity contribution is 14.0. The number of aromatic nitrogens is 1. The first-order valence-corrected chi connectivity index (χ1v) is 9.80. The molecule has 0 aliphatic carbocycles. The fourth-order valence-corrected chi connectivity index (χ4v) is 3.47. The molecule has 0 fully saturated rings. The van der Waals surface area contributed by atoms with Crippen LogP contribution in [0.2, 0.25) is 0 Å². The second-order valence-corrected chi connectivity index (χ2v) is 7.15. The number of thiazole rings is 1. The van der Waals surface area contributed by atoms with Gasteiger partial charge in [0.05, 0.1) is 19.2 Å². The van der Waals surface area contributed by atoms with Gasteiger partial charge in [0.15, 0.2) is 23.2 Å². The van der Waals surface area contributed by atoms with Crippen molar-refractivity contribution >= 4 is 41.3 Å². The molecular weight excluding hydrogens is 532 g/mol. The molecule has 0 saturated heterocycles. The number of aliphatic imine (C=N–C) groups is 1. The Morgan fingerprint density at radius 2 is 1.90 bits per heavy atom. The topological polar surface area (TPSA) is 59.0 Å². The van der Waals surface area contributed by atoms with E-state index in [9.17, 15) is 13.2 Å². The van der Waals surface area contributed by atoms with E-state index in [0.717, 1.165) is 28.7 Å². The summed E-state index contributed by atoms with van der Waals surface area (Å²) in [7, 11) is 6.76. The van der Waals surface area contributed by atoms with Crippen molar-refractivity contribution in [2.45, 2.75) is 19.0 Å². The van der Waals surface area contributed by atoms with Gasteiger partial charge in [-0.15, -0.1) is 35.3 Å². The summed E-state index contributed by atoms with van der Waals surface area (Å²) < 4.78 is 48.4. The van der Waals surface area contributed by atoms with Gasteiger partial charge in [-0.25, -0.2) is 4.98 Å². The molecule has 1 N–H and O–H groups in total. The molecule has 0 atom stereocenters. The molecule has 0 aliphatic rings. The third kappa shape index (κ3) is 7.49. The molecule has 0 spiro atoms. The molecule has 2 rings (SSSR count). The van der Waals surface area contributed by atoms with Crippen LogP contribution in [0.3, 0.4) is 0 Å². The van der Waals surface area contributed by atoms with Crippen LogP contribution in [0.4, 0.5) is 13.2 Å². The Kier molecular flexibility index (Phi) is 10.7. The number of ether oxygens (including phenoxy) is 2. The number of methoxy groups -OCH3 is 2. The molecule has 0 amide bonds. The van der Waals surface area contributed by atoms with Gasteiger partial charge in [-0.3, -0.25) is 4.99 Å². The quantitative estimate of drug-likeness (QED) is 0.301. The average molecular weight is 558 g/mol. The first-order valence-electron chi connectivity index (χ1n) is 8.92. The van der Waals surface area contributed by atoms with Gasteiger partial charge in [-0.1, -0.05) is 6.07 Å². The van der Waals surface area contributed by atoms with E-state index >= 15 is 0 Å². The second-order valence-electron chi connectivity index (χ2n) is 6.21. The molecule has 11 heteroatoms. The molecule has 168 valence electrons. The first kappa shape index (κ1) is 26.3. The fraction of sp³-hybridized carbons (Fsp3) is 0.474. The van der Waals surface area contributed by atoms with Crippen molar-refractivity contribution in [2.75, 3.05) is 41.4 Å². The third-order valence-electron chi connectivity index (χ3n) is 4.22. The molecule has 0 radical (unpaired) electrons. The molecule has 0 unspecified atom stereocenters. The zero-order valence-electron chi connectivity index (χ0n) is 17.2. The zero-order chi connectivity index (χ0) is 21.4. The molecule has 1 heterocycles. The maximum absolute atomic E-state index is 12.6. The van der Waals surface area contributed by atoms with E-state index in [-0.39, 0.29) is 24.0 Å². The summed E-state index contributed by atoms with van der Waals surface area (Å²) in [6.07, 6.45) is -3.25. The number of guanidine groups is 1. The number of nitrogens with zero attached hydrogens (tertiary/aromatic N) is 3. The highest BCUT2D eigenvalue weighted by Crippen LogP contribution is 2.30. The number of benzene rings is 1. The van der Waals surface area contributed by atoms with E-state index in [1.54, 1.807) is 21.3 Å². The first-order chi connectivity index (χ1) is 13.8. The lowest BCUT2D eigenvalue weighted by Gasteiger charge is -2.22. The van der Waals surface area contributed by atoms with Crippen molar-refractivity contribution in [1.82, 2.24) is 15.2 Å². The Balaban J connectivity index is 0.00000450. The van der Waals surface area contributed by atoms with Gasteiger partial charge in [0.2, 0.25) is 0 Å². The van der Waals surface area contributed by atoms with E-state index < -0.39 is 11.9 Å². The Bertz CT molecular complexity index is 830. The number of halogens is 4. The minimum Gasteiger partial charge on any atom is -0.493 e. The SMILES string of the molecule is CN=C(NCCc1nc(C(F)(F)F)cs1)N(C)CCc1ccc(OC)c(OC)c1.I. The lowest BCUT2D eigenvalue weighted by Crippen LogP contribution is -2.40. The summed E-state index contributed by atoms with van der Waals surface area (Å²) in [6, 6.07) is 5.78. The van der Waals surface area contributed by atoms with Gasteiger partial charge in [-0.2, -0.15) is 13.2 Å². The fourth-order valence-electron chi connectivity index (χ4n) is 2.66.